The van der Waals surface area contributed by atoms with Gasteiger partial charge in [0.2, 0.25) is 0 Å². The van der Waals surface area contributed by atoms with E-state index in [0.29, 0.717) is 15.6 Å². The molecule has 0 fully saturated rings. The van der Waals surface area contributed by atoms with Crippen molar-refractivity contribution in [1.29, 1.82) is 0 Å². The molecule has 27 heavy (non-hydrogen) atoms. The lowest BCUT2D eigenvalue weighted by Gasteiger charge is -2.20. The summed E-state index contributed by atoms with van der Waals surface area (Å²) in [6, 6.07) is 12.2. The summed E-state index contributed by atoms with van der Waals surface area (Å²) in [6.45, 7) is 3.70. The number of hydrogen-bond acceptors (Lipinski definition) is 5. The second-order valence-corrected chi connectivity index (χ2v) is 7.72. The summed E-state index contributed by atoms with van der Waals surface area (Å²) in [5.41, 5.74) is 1.40. The van der Waals surface area contributed by atoms with Crippen LogP contribution in [0.5, 0.6) is 0 Å². The monoisotopic (exact) mass is 402 g/mol. The van der Waals surface area contributed by atoms with Gasteiger partial charge >= 0.3 is 5.97 Å². The van der Waals surface area contributed by atoms with Gasteiger partial charge < -0.3 is 10.1 Å². The van der Waals surface area contributed by atoms with E-state index in [0.717, 1.165) is 10.9 Å². The van der Waals surface area contributed by atoms with Crippen molar-refractivity contribution in [2.45, 2.75) is 26.5 Å². The minimum absolute atomic E-state index is 0.00636. The molecule has 0 saturated carbocycles. The maximum atomic E-state index is 12.5. The van der Waals surface area contributed by atoms with Crippen molar-refractivity contribution in [3.63, 3.8) is 0 Å². The summed E-state index contributed by atoms with van der Waals surface area (Å²) >= 11 is 7.53. The molecule has 0 aliphatic rings. The number of carbonyl (C=O) groups excluding carboxylic acids is 2. The molecule has 3 aromatic rings. The van der Waals surface area contributed by atoms with Crippen molar-refractivity contribution in [2.75, 3.05) is 0 Å². The van der Waals surface area contributed by atoms with Crippen LogP contribution in [0.1, 0.15) is 29.1 Å². The Morgan fingerprint density at radius 2 is 2.00 bits per heavy atom. The molecule has 0 aliphatic carbocycles. The van der Waals surface area contributed by atoms with E-state index in [1.54, 1.807) is 12.1 Å². The predicted molar refractivity (Wildman–Crippen MR) is 107 cm³/mol. The molecule has 0 spiro atoms. The number of aromatic nitrogens is 1. The van der Waals surface area contributed by atoms with E-state index in [1.165, 1.54) is 11.3 Å². The fourth-order valence-corrected chi connectivity index (χ4v) is 3.42. The van der Waals surface area contributed by atoms with Gasteiger partial charge in [-0.1, -0.05) is 49.7 Å². The summed E-state index contributed by atoms with van der Waals surface area (Å²) in [7, 11) is 0. The minimum Gasteiger partial charge on any atom is -0.459 e. The first kappa shape index (κ1) is 19.3. The van der Waals surface area contributed by atoms with Crippen LogP contribution < -0.4 is 5.32 Å². The second kappa shape index (κ2) is 8.50. The highest BCUT2D eigenvalue weighted by atomic mass is 35.5. The number of esters is 1. The molecular formula is C20H19ClN2O3S. The second-order valence-electron chi connectivity index (χ2n) is 6.41. The molecule has 5 nitrogen and oxygen atoms in total. The Morgan fingerprint density at radius 3 is 2.70 bits per heavy atom. The highest BCUT2D eigenvalue weighted by Gasteiger charge is 2.26. The third kappa shape index (κ3) is 4.64. The van der Waals surface area contributed by atoms with Gasteiger partial charge in [0.1, 0.15) is 17.8 Å². The van der Waals surface area contributed by atoms with Gasteiger partial charge in [-0.05, 0) is 29.5 Å². The summed E-state index contributed by atoms with van der Waals surface area (Å²) in [5, 5.41) is 5.77. The lowest BCUT2D eigenvalue weighted by Crippen LogP contribution is -2.45. The zero-order valence-corrected chi connectivity index (χ0v) is 16.5. The van der Waals surface area contributed by atoms with Gasteiger partial charge in [-0.15, -0.1) is 11.3 Å². The molecule has 1 N–H and O–H groups in total. The molecule has 1 aromatic carbocycles. The molecule has 3 rings (SSSR count). The van der Waals surface area contributed by atoms with Crippen LogP contribution in [0.25, 0.3) is 10.9 Å². The van der Waals surface area contributed by atoms with E-state index in [2.05, 4.69) is 10.3 Å². The molecule has 7 heteroatoms. The minimum atomic E-state index is -0.744. The van der Waals surface area contributed by atoms with Crippen LogP contribution in [0.4, 0.5) is 0 Å². The molecule has 0 unspecified atom stereocenters. The van der Waals surface area contributed by atoms with Crippen LogP contribution in [0.15, 0.2) is 47.8 Å². The molecule has 140 valence electrons. The number of fused-ring (bicyclic) bond motifs is 1. The Bertz CT molecular complexity index is 957. The number of thiophene rings is 1. The van der Waals surface area contributed by atoms with Crippen LogP contribution in [-0.4, -0.2) is 22.9 Å². The van der Waals surface area contributed by atoms with Crippen molar-refractivity contribution in [3.8, 4) is 0 Å². The third-order valence-electron chi connectivity index (χ3n) is 4.07. The van der Waals surface area contributed by atoms with E-state index in [-0.39, 0.29) is 18.4 Å². The first-order valence-electron chi connectivity index (χ1n) is 8.51. The van der Waals surface area contributed by atoms with Crippen LogP contribution in [0.3, 0.4) is 0 Å². The molecule has 0 radical (unpaired) electrons. The van der Waals surface area contributed by atoms with Gasteiger partial charge in [0.05, 0.1) is 10.4 Å². The highest BCUT2D eigenvalue weighted by molar-refractivity contribution is 7.12. The highest BCUT2D eigenvalue weighted by Crippen LogP contribution is 2.21. The number of rotatable bonds is 6. The third-order valence-corrected chi connectivity index (χ3v) is 5.27. The van der Waals surface area contributed by atoms with Crippen molar-refractivity contribution in [2.24, 2.45) is 5.92 Å². The lowest BCUT2D eigenvalue weighted by molar-refractivity contribution is -0.148. The number of carbonyl (C=O) groups is 2. The van der Waals surface area contributed by atoms with Gasteiger partial charge in [-0.25, -0.2) is 9.78 Å². The zero-order chi connectivity index (χ0) is 19.4. The van der Waals surface area contributed by atoms with Crippen LogP contribution in [0.2, 0.25) is 5.15 Å². The van der Waals surface area contributed by atoms with Gasteiger partial charge in [-0.2, -0.15) is 0 Å². The maximum Gasteiger partial charge on any atom is 0.329 e. The number of nitrogens with zero attached hydrogens (tertiary/aromatic N) is 1. The topological polar surface area (TPSA) is 68.3 Å². The van der Waals surface area contributed by atoms with E-state index < -0.39 is 12.0 Å². The molecule has 0 saturated heterocycles. The molecule has 0 aliphatic heterocycles. The van der Waals surface area contributed by atoms with Crippen molar-refractivity contribution in [3.05, 3.63) is 63.4 Å². The molecule has 2 aromatic heterocycles. The number of pyridine rings is 1. The lowest BCUT2D eigenvalue weighted by atomic mass is 10.0. The Morgan fingerprint density at radius 1 is 1.22 bits per heavy atom. The first-order chi connectivity index (χ1) is 13.0. The summed E-state index contributed by atoms with van der Waals surface area (Å²) < 4.78 is 5.42. The smallest absolute Gasteiger partial charge is 0.329 e. The molecular weight excluding hydrogens is 384 g/mol. The summed E-state index contributed by atoms with van der Waals surface area (Å²) in [5.74, 6) is -0.906. The SMILES string of the molecule is CC(C)[C@@H](NC(=O)c1cccs1)C(=O)OCc1cc2ccccc2nc1Cl. The van der Waals surface area contributed by atoms with Crippen molar-refractivity contribution < 1.29 is 14.3 Å². The maximum absolute atomic E-state index is 12.5. The fraction of sp³-hybridized carbons (Fsp3) is 0.250. The number of nitrogens with one attached hydrogen (secondary N) is 1. The number of hydrogen-bond donors (Lipinski definition) is 1. The van der Waals surface area contributed by atoms with E-state index in [9.17, 15) is 9.59 Å². The number of benzene rings is 1. The molecule has 0 bridgehead atoms. The largest absolute Gasteiger partial charge is 0.459 e. The van der Waals surface area contributed by atoms with E-state index in [4.69, 9.17) is 16.3 Å². The van der Waals surface area contributed by atoms with Gasteiger partial charge in [0.25, 0.3) is 5.91 Å². The van der Waals surface area contributed by atoms with Crippen LogP contribution in [0, 0.1) is 5.92 Å². The van der Waals surface area contributed by atoms with Crippen LogP contribution >= 0.6 is 22.9 Å². The normalized spacial score (nSPS) is 12.1. The Kier molecular flexibility index (Phi) is 6.08. The first-order valence-corrected chi connectivity index (χ1v) is 9.76. The van der Waals surface area contributed by atoms with Crippen molar-refractivity contribution >= 4 is 45.7 Å². The summed E-state index contributed by atoms with van der Waals surface area (Å²) in [6.07, 6.45) is 0. The van der Waals surface area contributed by atoms with Crippen LogP contribution in [-0.2, 0) is 16.1 Å². The molecule has 1 atom stereocenters. The van der Waals surface area contributed by atoms with Crippen molar-refractivity contribution in [1.82, 2.24) is 10.3 Å². The van der Waals surface area contributed by atoms with Gasteiger partial charge in [0.15, 0.2) is 0 Å². The molecule has 1 amide bonds. The van der Waals surface area contributed by atoms with E-state index >= 15 is 0 Å². The Labute approximate surface area is 166 Å². The Hall–Kier alpha value is -2.44. The van der Waals surface area contributed by atoms with E-state index in [1.807, 2.05) is 49.6 Å². The average molecular weight is 403 g/mol. The quantitative estimate of drug-likeness (QED) is 0.488. The molecule has 2 heterocycles. The average Bonchev–Trinajstić information content (AvgIpc) is 3.18. The number of para-hydroxylation sites is 1. The van der Waals surface area contributed by atoms with Gasteiger partial charge in [-0.3, -0.25) is 4.79 Å². The predicted octanol–water partition coefficient (Wildman–Crippen LogP) is 4.45. The number of amides is 1. The summed E-state index contributed by atoms with van der Waals surface area (Å²) in [4.78, 5) is 29.7. The Balaban J connectivity index is 1.69. The number of halogens is 1. The number of ether oxygens (including phenoxy) is 1. The zero-order valence-electron chi connectivity index (χ0n) is 14.9. The standard InChI is InChI=1S/C20H19ClN2O3S/c1-12(2)17(23-19(24)16-8-5-9-27-16)20(25)26-11-14-10-13-6-3-4-7-15(13)22-18(14)21/h3-10,12,17H,11H2,1-2H3,(H,23,24)/t17-/m1/s1. The fourth-order valence-electron chi connectivity index (χ4n) is 2.59. The van der Waals surface area contributed by atoms with Gasteiger partial charge in [0, 0.05) is 10.9 Å².